The predicted octanol–water partition coefficient (Wildman–Crippen LogP) is 0.696. The molecule has 0 unspecified atom stereocenters. The zero-order valence-corrected chi connectivity index (χ0v) is 16.4. The largest absolute Gasteiger partial charge is 0.414 e. The maximum absolute atomic E-state index is 12.4. The van der Waals surface area contributed by atoms with Crippen LogP contribution in [0.3, 0.4) is 0 Å². The Morgan fingerprint density at radius 3 is 2.46 bits per heavy atom. The van der Waals surface area contributed by atoms with E-state index in [1.165, 1.54) is 21.3 Å². The first-order chi connectivity index (χ1) is 13.3. The van der Waals surface area contributed by atoms with Crippen LogP contribution >= 0.6 is 0 Å². The maximum atomic E-state index is 12.4. The summed E-state index contributed by atoms with van der Waals surface area (Å²) in [5.74, 6) is 0.338. The van der Waals surface area contributed by atoms with Crippen molar-refractivity contribution in [3.63, 3.8) is 0 Å². The molecule has 10 nitrogen and oxygen atoms in total. The molecule has 0 spiro atoms. The highest BCUT2D eigenvalue weighted by molar-refractivity contribution is 7.88. The number of aromatic nitrogens is 3. The highest BCUT2D eigenvalue weighted by Gasteiger charge is 2.26. The molecule has 1 aliphatic heterocycles. The summed E-state index contributed by atoms with van der Waals surface area (Å²) in [6, 6.07) is -0.0299. The first-order valence-electron chi connectivity index (χ1n) is 9.47. The summed E-state index contributed by atoms with van der Waals surface area (Å²) in [5.41, 5.74) is -1.08. The second-order valence-corrected chi connectivity index (χ2v) is 9.45. The molecular formula is C17H23N5O5S. The molecule has 0 amide bonds. The molecule has 2 aromatic rings. The van der Waals surface area contributed by atoms with E-state index < -0.39 is 21.2 Å². The van der Waals surface area contributed by atoms with Crippen molar-refractivity contribution in [2.45, 2.75) is 50.6 Å². The Morgan fingerprint density at radius 2 is 1.82 bits per heavy atom. The summed E-state index contributed by atoms with van der Waals surface area (Å²) in [6.45, 7) is 0.872. The summed E-state index contributed by atoms with van der Waals surface area (Å²) in [7, 11) is -3.18. The lowest BCUT2D eigenvalue weighted by molar-refractivity contribution is 0.331. The topological polar surface area (TPSA) is 127 Å². The average molecular weight is 409 g/mol. The molecule has 1 saturated carbocycles. The van der Waals surface area contributed by atoms with Crippen LogP contribution in [0.15, 0.2) is 20.2 Å². The van der Waals surface area contributed by atoms with E-state index in [4.69, 9.17) is 4.42 Å². The smallest absolute Gasteiger partial charge is 0.403 e. The van der Waals surface area contributed by atoms with Crippen molar-refractivity contribution < 1.29 is 12.8 Å². The molecule has 11 heteroatoms. The molecule has 2 fully saturated rings. The minimum Gasteiger partial charge on any atom is -0.414 e. The fourth-order valence-corrected chi connectivity index (χ4v) is 4.90. The Balaban J connectivity index is 1.61. The Kier molecular flexibility index (Phi) is 4.96. The molecule has 2 aromatic heterocycles. The molecule has 0 aromatic carbocycles. The Hall–Kier alpha value is -2.27. The number of nitrogens with one attached hydrogen (secondary N) is 1. The lowest BCUT2D eigenvalue weighted by atomic mass is 10.1. The number of rotatable bonds is 4. The summed E-state index contributed by atoms with van der Waals surface area (Å²) in [5, 5.41) is 3.22. The SMILES string of the molecule is CS(=O)(=O)N1CCC(Nc2ncc3oc(=O)c(=O)n(C4CCCC4)c3n2)CC1. The van der Waals surface area contributed by atoms with Crippen LogP contribution in [0.4, 0.5) is 5.95 Å². The van der Waals surface area contributed by atoms with Gasteiger partial charge in [0.05, 0.1) is 12.5 Å². The first-order valence-corrected chi connectivity index (χ1v) is 11.3. The van der Waals surface area contributed by atoms with Gasteiger partial charge in [-0.15, -0.1) is 0 Å². The van der Waals surface area contributed by atoms with Crippen molar-refractivity contribution in [1.82, 2.24) is 18.8 Å². The number of fused-ring (bicyclic) bond motifs is 1. The van der Waals surface area contributed by atoms with Gasteiger partial charge in [-0.2, -0.15) is 4.98 Å². The summed E-state index contributed by atoms with van der Waals surface area (Å²) < 4.78 is 31.2. The quantitative estimate of drug-likeness (QED) is 0.731. The Bertz CT molecular complexity index is 1100. The summed E-state index contributed by atoms with van der Waals surface area (Å²) in [6.07, 6.45) is 7.56. The molecular weight excluding hydrogens is 386 g/mol. The van der Waals surface area contributed by atoms with Gasteiger partial charge in [0, 0.05) is 25.2 Å². The molecule has 1 aliphatic carbocycles. The second kappa shape index (κ2) is 7.28. The summed E-state index contributed by atoms with van der Waals surface area (Å²) in [4.78, 5) is 33.0. The van der Waals surface area contributed by atoms with Crippen LogP contribution in [0.2, 0.25) is 0 Å². The van der Waals surface area contributed by atoms with Crippen molar-refractivity contribution in [3.8, 4) is 0 Å². The number of sulfonamides is 1. The third-order valence-corrected chi connectivity index (χ3v) is 6.81. The van der Waals surface area contributed by atoms with Gasteiger partial charge in [-0.1, -0.05) is 12.8 Å². The molecule has 1 N–H and O–H groups in total. The fraction of sp³-hybridized carbons (Fsp3) is 0.647. The van der Waals surface area contributed by atoms with Gasteiger partial charge in [0.1, 0.15) is 0 Å². The van der Waals surface area contributed by atoms with Crippen molar-refractivity contribution in [2.24, 2.45) is 0 Å². The van der Waals surface area contributed by atoms with E-state index in [1.807, 2.05) is 0 Å². The van der Waals surface area contributed by atoms with Gasteiger partial charge < -0.3 is 9.73 Å². The number of hydrogen-bond donors (Lipinski definition) is 1. The average Bonchev–Trinajstić information content (AvgIpc) is 3.17. The van der Waals surface area contributed by atoms with Crippen LogP contribution in [0.1, 0.15) is 44.6 Å². The molecule has 2 aliphatic rings. The molecule has 0 bridgehead atoms. The van der Waals surface area contributed by atoms with E-state index in [1.54, 1.807) is 0 Å². The van der Waals surface area contributed by atoms with Gasteiger partial charge >= 0.3 is 11.2 Å². The highest BCUT2D eigenvalue weighted by Crippen LogP contribution is 2.30. The maximum Gasteiger partial charge on any atom is 0.403 e. The number of hydrogen-bond acceptors (Lipinski definition) is 8. The molecule has 152 valence electrons. The third-order valence-electron chi connectivity index (χ3n) is 5.51. The van der Waals surface area contributed by atoms with Crippen LogP contribution in [0.5, 0.6) is 0 Å². The first kappa shape index (κ1) is 19.1. The van der Waals surface area contributed by atoms with E-state index in [-0.39, 0.29) is 17.7 Å². The predicted molar refractivity (Wildman–Crippen MR) is 103 cm³/mol. The minimum absolute atomic E-state index is 0.0258. The van der Waals surface area contributed by atoms with Crippen molar-refractivity contribution in [3.05, 3.63) is 27.0 Å². The van der Waals surface area contributed by atoms with Crippen LogP contribution in [0, 0.1) is 0 Å². The lowest BCUT2D eigenvalue weighted by Gasteiger charge is -2.30. The number of piperidine rings is 1. The van der Waals surface area contributed by atoms with Gasteiger partial charge in [-0.25, -0.2) is 22.5 Å². The number of anilines is 1. The van der Waals surface area contributed by atoms with E-state index in [0.717, 1.165) is 25.7 Å². The number of nitrogens with zero attached hydrogens (tertiary/aromatic N) is 4. The minimum atomic E-state index is -3.18. The molecule has 0 radical (unpaired) electrons. The fourth-order valence-electron chi connectivity index (χ4n) is 4.03. The van der Waals surface area contributed by atoms with Gasteiger partial charge in [-0.3, -0.25) is 9.36 Å². The van der Waals surface area contributed by atoms with Crippen LogP contribution in [0.25, 0.3) is 11.2 Å². The monoisotopic (exact) mass is 409 g/mol. The Morgan fingerprint density at radius 1 is 1.14 bits per heavy atom. The van der Waals surface area contributed by atoms with E-state index >= 15 is 0 Å². The second-order valence-electron chi connectivity index (χ2n) is 7.47. The van der Waals surface area contributed by atoms with Gasteiger partial charge in [0.2, 0.25) is 16.0 Å². The Labute approximate surface area is 161 Å². The highest BCUT2D eigenvalue weighted by atomic mass is 32.2. The third kappa shape index (κ3) is 3.68. The zero-order valence-electron chi connectivity index (χ0n) is 15.6. The van der Waals surface area contributed by atoms with Crippen LogP contribution < -0.4 is 16.5 Å². The molecule has 1 saturated heterocycles. The van der Waals surface area contributed by atoms with Crippen molar-refractivity contribution >= 4 is 27.2 Å². The van der Waals surface area contributed by atoms with Crippen molar-refractivity contribution in [2.75, 3.05) is 24.7 Å². The van der Waals surface area contributed by atoms with Crippen LogP contribution in [-0.4, -0.2) is 52.6 Å². The van der Waals surface area contributed by atoms with E-state index in [2.05, 4.69) is 15.3 Å². The molecule has 28 heavy (non-hydrogen) atoms. The standard InChI is InChI=1S/C17H23N5O5S/c1-28(25,26)21-8-6-11(7-9-21)19-17-18-10-13-14(20-17)22(12-4-2-3-5-12)15(23)16(24)27-13/h10-12H,2-9H2,1H3,(H,18,19,20). The normalized spacial score (nSPS) is 20.0. The van der Waals surface area contributed by atoms with Gasteiger partial charge in [0.15, 0.2) is 11.2 Å². The van der Waals surface area contributed by atoms with Gasteiger partial charge in [-0.05, 0) is 25.7 Å². The summed E-state index contributed by atoms with van der Waals surface area (Å²) >= 11 is 0. The molecule has 4 rings (SSSR count). The van der Waals surface area contributed by atoms with Crippen LogP contribution in [-0.2, 0) is 10.0 Å². The molecule has 0 atom stereocenters. The van der Waals surface area contributed by atoms with E-state index in [0.29, 0.717) is 37.5 Å². The molecule has 3 heterocycles. The lowest BCUT2D eigenvalue weighted by Crippen LogP contribution is -2.42. The van der Waals surface area contributed by atoms with Crippen molar-refractivity contribution in [1.29, 1.82) is 0 Å². The van der Waals surface area contributed by atoms with E-state index in [9.17, 15) is 18.0 Å². The zero-order chi connectivity index (χ0) is 19.9. The van der Waals surface area contributed by atoms with Gasteiger partial charge in [0.25, 0.3) is 0 Å².